The second kappa shape index (κ2) is 12.4. The zero-order valence-electron chi connectivity index (χ0n) is 18.7. The molecule has 184 valence electrons. The van der Waals surface area contributed by atoms with Gasteiger partial charge in [0.2, 0.25) is 21.8 Å². The first-order valence-electron chi connectivity index (χ1n) is 10.5. The molecule has 0 heterocycles. The fraction of sp³-hybridized carbons (Fsp3) is 0.318. The predicted molar refractivity (Wildman–Crippen MR) is 131 cm³/mol. The highest BCUT2D eigenvalue weighted by atomic mass is 35.5. The summed E-state index contributed by atoms with van der Waals surface area (Å²) in [6, 6.07) is 11.4. The molecule has 2 atom stereocenters. The molecule has 0 saturated carbocycles. The van der Waals surface area contributed by atoms with Crippen LogP contribution in [0.2, 0.25) is 5.02 Å². The smallest absolute Gasteiger partial charge is 0.243 e. The molecule has 0 radical (unpaired) electrons. The Kier molecular flexibility index (Phi) is 9.84. The van der Waals surface area contributed by atoms with E-state index >= 15 is 0 Å². The van der Waals surface area contributed by atoms with Crippen LogP contribution in [0.25, 0.3) is 0 Å². The summed E-state index contributed by atoms with van der Waals surface area (Å²) in [5, 5.41) is 2.58. The number of halogens is 1. The number of guanidine groups is 1. The van der Waals surface area contributed by atoms with Gasteiger partial charge in [0, 0.05) is 13.0 Å². The minimum Gasteiger partial charge on any atom is -0.370 e. The molecule has 34 heavy (non-hydrogen) atoms. The highest BCUT2D eigenvalue weighted by molar-refractivity contribution is 7.89. The lowest BCUT2D eigenvalue weighted by atomic mass is 10.0. The van der Waals surface area contributed by atoms with E-state index in [0.29, 0.717) is 12.0 Å². The summed E-state index contributed by atoms with van der Waals surface area (Å²) < 4.78 is 28.6. The van der Waals surface area contributed by atoms with Crippen LogP contribution in [0.5, 0.6) is 0 Å². The van der Waals surface area contributed by atoms with Crippen molar-refractivity contribution in [3.63, 3.8) is 0 Å². The molecule has 8 N–H and O–H groups in total. The van der Waals surface area contributed by atoms with E-state index in [0.717, 1.165) is 5.56 Å². The zero-order valence-corrected chi connectivity index (χ0v) is 20.3. The van der Waals surface area contributed by atoms with E-state index in [2.05, 4.69) is 15.0 Å². The molecule has 2 aromatic rings. The Morgan fingerprint density at radius 2 is 1.71 bits per heavy atom. The van der Waals surface area contributed by atoms with Crippen LogP contribution in [0.3, 0.4) is 0 Å². The van der Waals surface area contributed by atoms with Crippen LogP contribution < -0.4 is 27.2 Å². The van der Waals surface area contributed by atoms with E-state index in [4.69, 9.17) is 28.8 Å². The van der Waals surface area contributed by atoms with Crippen LogP contribution in [0.4, 0.5) is 0 Å². The number of primary amides is 1. The first-order valence-corrected chi connectivity index (χ1v) is 12.3. The molecule has 12 heteroatoms. The van der Waals surface area contributed by atoms with Crippen molar-refractivity contribution in [1.29, 1.82) is 0 Å². The van der Waals surface area contributed by atoms with Crippen LogP contribution in [-0.2, 0) is 26.0 Å². The lowest BCUT2D eigenvalue weighted by Gasteiger charge is -2.22. The van der Waals surface area contributed by atoms with Crippen molar-refractivity contribution < 1.29 is 18.0 Å². The number of carbonyl (C=O) groups excluding carboxylic acids is 2. The topological polar surface area (TPSA) is 183 Å². The van der Waals surface area contributed by atoms with Crippen molar-refractivity contribution in [1.82, 2.24) is 10.0 Å². The molecule has 0 spiro atoms. The van der Waals surface area contributed by atoms with Gasteiger partial charge in [-0.2, -0.15) is 4.72 Å². The lowest BCUT2D eigenvalue weighted by Crippen LogP contribution is -2.53. The Hall–Kier alpha value is -3.15. The predicted octanol–water partition coefficient (Wildman–Crippen LogP) is 0.562. The first kappa shape index (κ1) is 27.1. The fourth-order valence-corrected chi connectivity index (χ4v) is 5.36. The quantitative estimate of drug-likeness (QED) is 0.158. The summed E-state index contributed by atoms with van der Waals surface area (Å²) >= 11 is 6.13. The van der Waals surface area contributed by atoms with Crippen LogP contribution in [-0.4, -0.2) is 44.8 Å². The number of hydrogen-bond acceptors (Lipinski definition) is 5. The second-order valence-electron chi connectivity index (χ2n) is 7.66. The van der Waals surface area contributed by atoms with Gasteiger partial charge in [0.05, 0.1) is 5.02 Å². The van der Waals surface area contributed by atoms with E-state index in [9.17, 15) is 18.0 Å². The Morgan fingerprint density at radius 1 is 1.03 bits per heavy atom. The van der Waals surface area contributed by atoms with Crippen LogP contribution in [0, 0.1) is 6.92 Å². The summed E-state index contributed by atoms with van der Waals surface area (Å²) in [5.41, 5.74) is 17.3. The van der Waals surface area contributed by atoms with Crippen LogP contribution >= 0.6 is 11.6 Å². The summed E-state index contributed by atoms with van der Waals surface area (Å²) in [6.45, 7) is 1.78. The Bertz CT molecular complexity index is 1120. The third-order valence-corrected chi connectivity index (χ3v) is 7.04. The van der Waals surface area contributed by atoms with Crippen molar-refractivity contribution in [2.75, 3.05) is 6.54 Å². The van der Waals surface area contributed by atoms with Gasteiger partial charge in [-0.25, -0.2) is 8.42 Å². The van der Waals surface area contributed by atoms with Gasteiger partial charge in [0.1, 0.15) is 17.0 Å². The van der Waals surface area contributed by atoms with Crippen molar-refractivity contribution >= 4 is 39.4 Å². The molecule has 0 aliphatic rings. The average molecular weight is 509 g/mol. The van der Waals surface area contributed by atoms with Gasteiger partial charge in [0.15, 0.2) is 5.96 Å². The molecule has 2 rings (SSSR count). The Balaban J connectivity index is 2.26. The number of benzene rings is 2. The fourth-order valence-electron chi connectivity index (χ4n) is 3.30. The van der Waals surface area contributed by atoms with Gasteiger partial charge in [-0.1, -0.05) is 54.1 Å². The molecular formula is C22H29ClN6O4S. The summed E-state index contributed by atoms with van der Waals surface area (Å²) in [7, 11) is -4.18. The van der Waals surface area contributed by atoms with Gasteiger partial charge < -0.3 is 22.5 Å². The lowest BCUT2D eigenvalue weighted by molar-refractivity contribution is -0.128. The first-order chi connectivity index (χ1) is 16.0. The van der Waals surface area contributed by atoms with Crippen molar-refractivity contribution in [2.45, 2.75) is 43.2 Å². The molecule has 0 unspecified atom stereocenters. The SMILES string of the molecule is Cc1cccc(Cl)c1S(=O)(=O)N[C@@H](CCCN=C(N)N)C(=O)N[C@@H](Cc1ccccc1)C(N)=O. The zero-order chi connectivity index (χ0) is 25.3. The number of aryl methyl sites for hydroxylation is 1. The molecular weight excluding hydrogens is 480 g/mol. The van der Waals surface area contributed by atoms with Gasteiger partial charge in [-0.3, -0.25) is 14.6 Å². The average Bonchev–Trinajstić information content (AvgIpc) is 2.75. The molecule has 0 aromatic heterocycles. The van der Waals surface area contributed by atoms with E-state index < -0.39 is 33.9 Å². The van der Waals surface area contributed by atoms with Gasteiger partial charge in [-0.15, -0.1) is 0 Å². The van der Waals surface area contributed by atoms with Crippen molar-refractivity contribution in [3.8, 4) is 0 Å². The number of nitrogens with zero attached hydrogens (tertiary/aromatic N) is 1. The summed E-state index contributed by atoms with van der Waals surface area (Å²) in [6.07, 6.45) is 0.501. The van der Waals surface area contributed by atoms with Gasteiger partial charge in [0.25, 0.3) is 0 Å². The molecule has 0 aliphatic carbocycles. The largest absolute Gasteiger partial charge is 0.370 e. The second-order valence-corrected chi connectivity index (χ2v) is 9.72. The molecule has 2 amide bonds. The third kappa shape index (κ3) is 8.01. The molecule has 0 fully saturated rings. The van der Waals surface area contributed by atoms with Gasteiger partial charge >= 0.3 is 0 Å². The third-order valence-electron chi connectivity index (χ3n) is 4.93. The number of amides is 2. The standard InChI is InChI=1S/C22H29ClN6O4S/c1-14-7-5-10-16(23)19(14)34(32,33)29-17(11-6-12-27-22(25)26)21(31)28-18(20(24)30)13-15-8-3-2-4-9-15/h2-5,7-10,17-18,29H,6,11-13H2,1H3,(H2,24,30)(H,28,31)(H4,25,26,27)/t17-,18-/m0/s1. The molecule has 0 saturated heterocycles. The van der Waals surface area contributed by atoms with E-state index in [1.807, 2.05) is 6.07 Å². The summed E-state index contributed by atoms with van der Waals surface area (Å²) in [5.74, 6) is -1.58. The maximum atomic E-state index is 13.1. The molecule has 0 aliphatic heterocycles. The highest BCUT2D eigenvalue weighted by Gasteiger charge is 2.30. The molecule has 10 nitrogen and oxygen atoms in total. The van der Waals surface area contributed by atoms with Crippen LogP contribution in [0.15, 0.2) is 58.4 Å². The molecule has 0 bridgehead atoms. The number of aliphatic imine (C=N–C) groups is 1. The van der Waals surface area contributed by atoms with E-state index in [-0.39, 0.29) is 35.3 Å². The monoisotopic (exact) mass is 508 g/mol. The van der Waals surface area contributed by atoms with Crippen LogP contribution in [0.1, 0.15) is 24.0 Å². The maximum Gasteiger partial charge on any atom is 0.243 e. The number of nitrogens with two attached hydrogens (primary N) is 3. The van der Waals surface area contributed by atoms with Crippen molar-refractivity contribution in [3.05, 3.63) is 64.7 Å². The number of hydrogen-bond donors (Lipinski definition) is 5. The normalized spacial score (nSPS) is 13.0. The maximum absolute atomic E-state index is 13.1. The number of rotatable bonds is 12. The van der Waals surface area contributed by atoms with E-state index in [1.54, 1.807) is 43.3 Å². The minimum absolute atomic E-state index is 0.0197. The summed E-state index contributed by atoms with van der Waals surface area (Å²) in [4.78, 5) is 28.8. The Labute approximate surface area is 204 Å². The minimum atomic E-state index is -4.18. The number of carbonyl (C=O) groups is 2. The Morgan fingerprint density at radius 3 is 2.29 bits per heavy atom. The van der Waals surface area contributed by atoms with Crippen molar-refractivity contribution in [2.24, 2.45) is 22.2 Å². The highest BCUT2D eigenvalue weighted by Crippen LogP contribution is 2.25. The van der Waals surface area contributed by atoms with Gasteiger partial charge in [-0.05, 0) is 37.0 Å². The number of sulfonamides is 1. The van der Waals surface area contributed by atoms with E-state index in [1.165, 1.54) is 6.07 Å². The molecule has 2 aromatic carbocycles. The number of nitrogens with one attached hydrogen (secondary N) is 2.